The molecule has 0 radical (unpaired) electrons. The number of carboxylic acids is 1. The summed E-state index contributed by atoms with van der Waals surface area (Å²) in [6, 6.07) is -0.0419. The van der Waals surface area contributed by atoms with Gasteiger partial charge in [-0.1, -0.05) is 6.42 Å². The molecule has 0 aromatic carbocycles. The van der Waals surface area contributed by atoms with E-state index in [0.717, 1.165) is 19.3 Å². The number of hydrogen-bond acceptors (Lipinski definition) is 3. The third kappa shape index (κ3) is 2.76. The fourth-order valence-corrected chi connectivity index (χ4v) is 3.06. The highest BCUT2D eigenvalue weighted by atomic mass is 16.6. The van der Waals surface area contributed by atoms with Gasteiger partial charge in [-0.3, -0.25) is 4.79 Å². The minimum absolute atomic E-state index is 0.0419. The highest BCUT2D eigenvalue weighted by molar-refractivity contribution is 5.75. The Morgan fingerprint density at radius 1 is 1.28 bits per heavy atom. The Morgan fingerprint density at radius 2 is 1.94 bits per heavy atom. The molecule has 0 aromatic rings. The molecule has 2 aliphatic carbocycles. The van der Waals surface area contributed by atoms with Gasteiger partial charge in [-0.05, 0) is 45.4 Å². The highest BCUT2D eigenvalue weighted by Crippen LogP contribution is 2.55. The molecule has 5 nitrogen and oxygen atoms in total. The summed E-state index contributed by atoms with van der Waals surface area (Å²) in [6.07, 6.45) is 2.35. The van der Waals surface area contributed by atoms with Crippen molar-refractivity contribution in [3.05, 3.63) is 0 Å². The third-order valence-corrected chi connectivity index (χ3v) is 3.73. The van der Waals surface area contributed by atoms with Gasteiger partial charge in [0, 0.05) is 6.04 Å². The van der Waals surface area contributed by atoms with E-state index in [-0.39, 0.29) is 23.8 Å². The summed E-state index contributed by atoms with van der Waals surface area (Å²) in [6.45, 7) is 5.44. The van der Waals surface area contributed by atoms with Gasteiger partial charge in [-0.25, -0.2) is 4.79 Å². The van der Waals surface area contributed by atoms with E-state index in [4.69, 9.17) is 9.84 Å². The Labute approximate surface area is 107 Å². The molecule has 0 heterocycles. The summed E-state index contributed by atoms with van der Waals surface area (Å²) in [7, 11) is 0. The molecule has 2 rings (SSSR count). The molecule has 2 aliphatic rings. The number of ether oxygens (including phenoxy) is 1. The average molecular weight is 255 g/mol. The van der Waals surface area contributed by atoms with Crippen molar-refractivity contribution in [3.8, 4) is 0 Å². The van der Waals surface area contributed by atoms with Gasteiger partial charge in [0.25, 0.3) is 0 Å². The standard InChI is InChI=1S/C13H21NO4/c1-13(2,3)18-12(17)14-8-6-4-5-7-9(8)10(7)11(15)16/h7-10H,4-6H2,1-3H3,(H,14,17)(H,15,16). The van der Waals surface area contributed by atoms with Crippen LogP contribution >= 0.6 is 0 Å². The van der Waals surface area contributed by atoms with Crippen molar-refractivity contribution in [1.29, 1.82) is 0 Å². The van der Waals surface area contributed by atoms with Crippen molar-refractivity contribution in [2.75, 3.05) is 0 Å². The fourth-order valence-electron chi connectivity index (χ4n) is 3.06. The van der Waals surface area contributed by atoms with Gasteiger partial charge < -0.3 is 15.2 Å². The lowest BCUT2D eigenvalue weighted by molar-refractivity contribution is -0.139. The first-order valence-corrected chi connectivity index (χ1v) is 6.52. The number of hydrogen-bond donors (Lipinski definition) is 2. The maximum Gasteiger partial charge on any atom is 0.407 e. The van der Waals surface area contributed by atoms with Crippen LogP contribution in [0.5, 0.6) is 0 Å². The number of carboxylic acid groups (broad SMARTS) is 1. The van der Waals surface area contributed by atoms with Crippen LogP contribution in [-0.2, 0) is 9.53 Å². The van der Waals surface area contributed by atoms with Gasteiger partial charge in [-0.15, -0.1) is 0 Å². The second-order valence-corrected chi connectivity index (χ2v) is 6.29. The highest BCUT2D eigenvalue weighted by Gasteiger charge is 2.59. The summed E-state index contributed by atoms with van der Waals surface area (Å²) < 4.78 is 5.21. The van der Waals surface area contributed by atoms with Crippen LogP contribution < -0.4 is 5.32 Å². The lowest BCUT2D eigenvalue weighted by Gasteiger charge is -2.25. The van der Waals surface area contributed by atoms with Gasteiger partial charge >= 0.3 is 12.1 Å². The van der Waals surface area contributed by atoms with Crippen molar-refractivity contribution in [2.45, 2.75) is 51.7 Å². The van der Waals surface area contributed by atoms with Crippen LogP contribution in [0.2, 0.25) is 0 Å². The molecule has 0 aromatic heterocycles. The second-order valence-electron chi connectivity index (χ2n) is 6.29. The van der Waals surface area contributed by atoms with E-state index in [1.807, 2.05) is 20.8 Å². The Morgan fingerprint density at radius 3 is 2.50 bits per heavy atom. The maximum atomic E-state index is 11.7. The quantitative estimate of drug-likeness (QED) is 0.791. The van der Waals surface area contributed by atoms with Gasteiger partial charge in [0.1, 0.15) is 5.60 Å². The molecule has 102 valence electrons. The molecule has 2 saturated carbocycles. The van der Waals surface area contributed by atoms with Crippen LogP contribution in [0.4, 0.5) is 4.79 Å². The number of aliphatic carboxylic acids is 1. The largest absolute Gasteiger partial charge is 0.481 e. The minimum atomic E-state index is -0.733. The van der Waals surface area contributed by atoms with Crippen molar-refractivity contribution >= 4 is 12.1 Å². The van der Waals surface area contributed by atoms with Crippen LogP contribution in [0.25, 0.3) is 0 Å². The summed E-state index contributed by atoms with van der Waals surface area (Å²) in [5.74, 6) is -0.657. The number of nitrogens with one attached hydrogen (secondary N) is 1. The molecule has 0 aliphatic heterocycles. The number of fused-ring (bicyclic) bond motifs is 1. The van der Waals surface area contributed by atoms with Crippen LogP contribution in [0.3, 0.4) is 0 Å². The van der Waals surface area contributed by atoms with Gasteiger partial charge in [0.2, 0.25) is 0 Å². The molecule has 0 bridgehead atoms. The van der Waals surface area contributed by atoms with Gasteiger partial charge in [0.05, 0.1) is 5.92 Å². The topological polar surface area (TPSA) is 75.6 Å². The van der Waals surface area contributed by atoms with E-state index in [0.29, 0.717) is 0 Å². The van der Waals surface area contributed by atoms with Crippen LogP contribution in [0, 0.1) is 17.8 Å². The normalized spacial score (nSPS) is 34.4. The lowest BCUT2D eigenvalue weighted by atomic mass is 9.96. The first-order valence-electron chi connectivity index (χ1n) is 6.52. The SMILES string of the molecule is CC(C)(C)OC(=O)NC1CCCC2C(C(=O)O)C12. The van der Waals surface area contributed by atoms with Crippen molar-refractivity contribution < 1.29 is 19.4 Å². The van der Waals surface area contributed by atoms with Gasteiger partial charge in [-0.2, -0.15) is 0 Å². The average Bonchev–Trinajstić information content (AvgIpc) is 2.89. The Balaban J connectivity index is 1.90. The van der Waals surface area contributed by atoms with Crippen LogP contribution in [0.15, 0.2) is 0 Å². The molecule has 1 amide bonds. The van der Waals surface area contributed by atoms with E-state index in [2.05, 4.69) is 5.32 Å². The summed E-state index contributed by atoms with van der Waals surface area (Å²) in [5.41, 5.74) is -0.520. The summed E-state index contributed by atoms with van der Waals surface area (Å²) >= 11 is 0. The first-order chi connectivity index (χ1) is 8.29. The second kappa shape index (κ2) is 4.44. The fraction of sp³-hybridized carbons (Fsp3) is 0.846. The predicted octanol–water partition coefficient (Wildman–Crippen LogP) is 2.01. The zero-order chi connectivity index (χ0) is 13.5. The van der Waals surface area contributed by atoms with E-state index < -0.39 is 17.7 Å². The Bertz CT molecular complexity index is 360. The zero-order valence-corrected chi connectivity index (χ0v) is 11.1. The summed E-state index contributed by atoms with van der Waals surface area (Å²) in [4.78, 5) is 22.7. The Hall–Kier alpha value is -1.26. The van der Waals surface area contributed by atoms with Gasteiger partial charge in [0.15, 0.2) is 0 Å². The summed E-state index contributed by atoms with van der Waals surface area (Å²) in [5, 5.41) is 11.9. The number of amides is 1. The van der Waals surface area contributed by atoms with Crippen LogP contribution in [-0.4, -0.2) is 28.8 Å². The molecular weight excluding hydrogens is 234 g/mol. The number of rotatable bonds is 2. The third-order valence-electron chi connectivity index (χ3n) is 3.73. The molecular formula is C13H21NO4. The maximum absolute atomic E-state index is 11.7. The van der Waals surface area contributed by atoms with E-state index in [1.54, 1.807) is 0 Å². The van der Waals surface area contributed by atoms with Crippen LogP contribution in [0.1, 0.15) is 40.0 Å². The number of alkyl carbamates (subject to hydrolysis) is 1. The molecule has 4 unspecified atom stereocenters. The number of carbonyl (C=O) groups is 2. The smallest absolute Gasteiger partial charge is 0.407 e. The molecule has 0 spiro atoms. The monoisotopic (exact) mass is 255 g/mol. The minimum Gasteiger partial charge on any atom is -0.481 e. The van der Waals surface area contributed by atoms with Crippen molar-refractivity contribution in [3.63, 3.8) is 0 Å². The molecule has 2 N–H and O–H groups in total. The van der Waals surface area contributed by atoms with Crippen molar-refractivity contribution in [2.24, 2.45) is 17.8 Å². The number of carbonyl (C=O) groups excluding carboxylic acids is 1. The van der Waals surface area contributed by atoms with E-state index in [1.165, 1.54) is 0 Å². The molecule has 18 heavy (non-hydrogen) atoms. The Kier molecular flexibility index (Phi) is 3.25. The molecule has 4 atom stereocenters. The van der Waals surface area contributed by atoms with E-state index in [9.17, 15) is 9.59 Å². The first kappa shape index (κ1) is 13.2. The molecule has 5 heteroatoms. The molecule has 2 fully saturated rings. The molecule has 0 saturated heterocycles. The zero-order valence-electron chi connectivity index (χ0n) is 11.1. The van der Waals surface area contributed by atoms with Crippen molar-refractivity contribution in [1.82, 2.24) is 5.32 Å². The predicted molar refractivity (Wildman–Crippen MR) is 65.1 cm³/mol. The lowest BCUT2D eigenvalue weighted by Crippen LogP contribution is -2.41. The van der Waals surface area contributed by atoms with E-state index >= 15 is 0 Å².